The molecule has 0 bridgehead atoms. The normalized spacial score (nSPS) is 11.0. The minimum atomic E-state index is -0.0967. The van der Waals surface area contributed by atoms with Gasteiger partial charge in [-0.25, -0.2) is 15.0 Å². The lowest BCUT2D eigenvalue weighted by Gasteiger charge is -2.05. The van der Waals surface area contributed by atoms with Crippen molar-refractivity contribution in [3.63, 3.8) is 0 Å². The Balaban J connectivity index is 1.71. The summed E-state index contributed by atoms with van der Waals surface area (Å²) in [6.45, 7) is 4.16. The molecule has 0 unspecified atom stereocenters. The van der Waals surface area contributed by atoms with E-state index in [9.17, 15) is 4.79 Å². The van der Waals surface area contributed by atoms with Crippen LogP contribution in [-0.2, 0) is 6.54 Å². The zero-order valence-electron chi connectivity index (χ0n) is 13.4. The Hall–Kier alpha value is -2.06. The van der Waals surface area contributed by atoms with Gasteiger partial charge in [-0.15, -0.1) is 11.3 Å². The zero-order valence-corrected chi connectivity index (χ0v) is 15.0. The molecule has 6 nitrogen and oxygen atoms in total. The van der Waals surface area contributed by atoms with Crippen LogP contribution in [0.1, 0.15) is 26.9 Å². The van der Waals surface area contributed by atoms with Crippen LogP contribution in [0.15, 0.2) is 12.1 Å². The molecular formula is C15H17N5OS2. The molecule has 0 aromatic carbocycles. The monoisotopic (exact) mass is 347 g/mol. The Bertz CT molecular complexity index is 816. The van der Waals surface area contributed by atoms with Crippen LogP contribution < -0.4 is 10.2 Å². The molecule has 3 heterocycles. The molecule has 0 aliphatic rings. The van der Waals surface area contributed by atoms with Crippen LogP contribution in [0.25, 0.3) is 9.53 Å². The van der Waals surface area contributed by atoms with Gasteiger partial charge in [0.2, 0.25) is 0 Å². The van der Waals surface area contributed by atoms with Gasteiger partial charge in [-0.05, 0) is 26.0 Å². The molecule has 3 rings (SSSR count). The molecule has 0 radical (unpaired) electrons. The number of thiazole rings is 1. The van der Waals surface area contributed by atoms with Crippen molar-refractivity contribution in [2.75, 3.05) is 19.0 Å². The van der Waals surface area contributed by atoms with Crippen molar-refractivity contribution in [3.05, 3.63) is 34.2 Å². The molecule has 0 saturated carbocycles. The van der Waals surface area contributed by atoms with E-state index in [0.717, 1.165) is 26.0 Å². The Morgan fingerprint density at radius 2 is 1.96 bits per heavy atom. The number of hydrogen-bond donors (Lipinski definition) is 1. The second-order valence-corrected chi connectivity index (χ2v) is 7.44. The number of nitrogens with zero attached hydrogens (tertiary/aromatic N) is 4. The third-order valence-corrected chi connectivity index (χ3v) is 5.46. The van der Waals surface area contributed by atoms with E-state index in [-0.39, 0.29) is 5.91 Å². The SMILES string of the molecule is Cc1cc(CNC(=O)c2cc3sc(N(C)C)nc3s2)nc(C)n1. The molecule has 0 aliphatic heterocycles. The zero-order chi connectivity index (χ0) is 16.6. The summed E-state index contributed by atoms with van der Waals surface area (Å²) in [5.74, 6) is 0.617. The fourth-order valence-corrected chi connectivity index (χ4v) is 4.22. The van der Waals surface area contributed by atoms with E-state index >= 15 is 0 Å². The van der Waals surface area contributed by atoms with Crippen LogP contribution >= 0.6 is 22.7 Å². The quantitative estimate of drug-likeness (QED) is 0.786. The number of fused-ring (bicyclic) bond motifs is 1. The lowest BCUT2D eigenvalue weighted by molar-refractivity contribution is 0.0954. The number of nitrogens with one attached hydrogen (secondary N) is 1. The summed E-state index contributed by atoms with van der Waals surface area (Å²) >= 11 is 3.00. The highest BCUT2D eigenvalue weighted by atomic mass is 32.1. The van der Waals surface area contributed by atoms with Crippen LogP contribution in [0.3, 0.4) is 0 Å². The van der Waals surface area contributed by atoms with Crippen molar-refractivity contribution in [1.82, 2.24) is 20.3 Å². The largest absolute Gasteiger partial charge is 0.354 e. The van der Waals surface area contributed by atoms with Gasteiger partial charge in [0.1, 0.15) is 10.7 Å². The lowest BCUT2D eigenvalue weighted by Crippen LogP contribution is -2.22. The average Bonchev–Trinajstić information content (AvgIpc) is 3.02. The standard InChI is InChI=1S/C15H17N5OS2/c1-8-5-10(18-9(2)17-8)7-16-13(21)11-6-12-14(22-11)19-15(23-12)20(3)4/h5-6H,7H2,1-4H3,(H,16,21). The number of thiophene rings is 1. The Morgan fingerprint density at radius 1 is 1.17 bits per heavy atom. The maximum atomic E-state index is 12.3. The topological polar surface area (TPSA) is 71.0 Å². The second-order valence-electron chi connectivity index (χ2n) is 5.40. The smallest absolute Gasteiger partial charge is 0.261 e. The maximum absolute atomic E-state index is 12.3. The third-order valence-electron chi connectivity index (χ3n) is 3.13. The highest BCUT2D eigenvalue weighted by Crippen LogP contribution is 2.33. The molecule has 0 aliphatic carbocycles. The second kappa shape index (κ2) is 6.21. The van der Waals surface area contributed by atoms with Gasteiger partial charge in [-0.2, -0.15) is 0 Å². The maximum Gasteiger partial charge on any atom is 0.261 e. The number of rotatable bonds is 4. The first-order valence-corrected chi connectivity index (χ1v) is 8.73. The van der Waals surface area contributed by atoms with Crippen LogP contribution in [0.5, 0.6) is 0 Å². The van der Waals surface area contributed by atoms with Crippen molar-refractivity contribution >= 4 is 43.2 Å². The van der Waals surface area contributed by atoms with Crippen molar-refractivity contribution in [2.45, 2.75) is 20.4 Å². The van der Waals surface area contributed by atoms with E-state index in [0.29, 0.717) is 17.2 Å². The van der Waals surface area contributed by atoms with Gasteiger partial charge in [0.05, 0.1) is 21.8 Å². The predicted octanol–water partition coefficient (Wildman–Crippen LogP) is 2.76. The molecule has 120 valence electrons. The van der Waals surface area contributed by atoms with Crippen molar-refractivity contribution in [2.24, 2.45) is 0 Å². The molecule has 3 aromatic rings. The molecule has 3 aromatic heterocycles. The van der Waals surface area contributed by atoms with Gasteiger partial charge in [0.25, 0.3) is 5.91 Å². The van der Waals surface area contributed by atoms with Crippen LogP contribution in [-0.4, -0.2) is 35.0 Å². The summed E-state index contributed by atoms with van der Waals surface area (Å²) in [4.78, 5) is 28.9. The van der Waals surface area contributed by atoms with Gasteiger partial charge in [-0.1, -0.05) is 11.3 Å². The summed E-state index contributed by atoms with van der Waals surface area (Å²) in [6.07, 6.45) is 0. The van der Waals surface area contributed by atoms with Crippen molar-refractivity contribution in [1.29, 1.82) is 0 Å². The van der Waals surface area contributed by atoms with Gasteiger partial charge in [0.15, 0.2) is 5.13 Å². The Kier molecular flexibility index (Phi) is 4.27. The number of hydrogen-bond acceptors (Lipinski definition) is 7. The van der Waals surface area contributed by atoms with Crippen LogP contribution in [0.2, 0.25) is 0 Å². The number of aromatic nitrogens is 3. The predicted molar refractivity (Wildman–Crippen MR) is 94.5 cm³/mol. The van der Waals surface area contributed by atoms with Gasteiger partial charge in [-0.3, -0.25) is 4.79 Å². The van der Waals surface area contributed by atoms with E-state index in [4.69, 9.17) is 0 Å². The summed E-state index contributed by atoms with van der Waals surface area (Å²) in [5, 5.41) is 3.85. The van der Waals surface area contributed by atoms with E-state index in [1.165, 1.54) is 11.3 Å². The van der Waals surface area contributed by atoms with Crippen molar-refractivity contribution in [3.8, 4) is 0 Å². The first kappa shape index (κ1) is 15.8. The molecule has 23 heavy (non-hydrogen) atoms. The average molecular weight is 347 g/mol. The fraction of sp³-hybridized carbons (Fsp3) is 0.333. The van der Waals surface area contributed by atoms with Gasteiger partial charge < -0.3 is 10.2 Å². The number of carbonyl (C=O) groups is 1. The summed E-state index contributed by atoms with van der Waals surface area (Å²) < 4.78 is 1.04. The number of carbonyl (C=O) groups excluding carboxylic acids is 1. The minimum Gasteiger partial charge on any atom is -0.354 e. The summed E-state index contributed by atoms with van der Waals surface area (Å²) in [7, 11) is 3.92. The van der Waals surface area contributed by atoms with Gasteiger partial charge in [0, 0.05) is 19.8 Å². The number of aryl methyl sites for hydroxylation is 2. The molecule has 1 N–H and O–H groups in total. The molecule has 8 heteroatoms. The molecule has 1 amide bonds. The highest BCUT2D eigenvalue weighted by Gasteiger charge is 2.14. The molecule has 0 spiro atoms. The first-order chi connectivity index (χ1) is 10.9. The van der Waals surface area contributed by atoms with E-state index in [1.807, 2.05) is 45.0 Å². The van der Waals surface area contributed by atoms with E-state index < -0.39 is 0 Å². The number of amides is 1. The summed E-state index contributed by atoms with van der Waals surface area (Å²) in [5.41, 5.74) is 1.72. The van der Waals surface area contributed by atoms with Crippen LogP contribution in [0.4, 0.5) is 5.13 Å². The highest BCUT2D eigenvalue weighted by molar-refractivity contribution is 7.29. The molecule has 0 saturated heterocycles. The Labute approximate surface area is 142 Å². The fourth-order valence-electron chi connectivity index (χ4n) is 2.17. The molecule has 0 fully saturated rings. The van der Waals surface area contributed by atoms with E-state index in [2.05, 4.69) is 20.3 Å². The van der Waals surface area contributed by atoms with Crippen molar-refractivity contribution < 1.29 is 4.79 Å². The Morgan fingerprint density at radius 3 is 2.61 bits per heavy atom. The third kappa shape index (κ3) is 3.48. The molecular weight excluding hydrogens is 330 g/mol. The van der Waals surface area contributed by atoms with Crippen LogP contribution in [0, 0.1) is 13.8 Å². The lowest BCUT2D eigenvalue weighted by atomic mass is 10.3. The first-order valence-electron chi connectivity index (χ1n) is 7.09. The summed E-state index contributed by atoms with van der Waals surface area (Å²) in [6, 6.07) is 3.78. The van der Waals surface area contributed by atoms with E-state index in [1.54, 1.807) is 11.3 Å². The minimum absolute atomic E-state index is 0.0967. The number of anilines is 1. The van der Waals surface area contributed by atoms with Gasteiger partial charge >= 0.3 is 0 Å². The molecule has 0 atom stereocenters.